The average molecular weight is 494 g/mol. The Morgan fingerprint density at radius 2 is 1.78 bits per heavy atom. The van der Waals surface area contributed by atoms with Crippen molar-refractivity contribution in [1.29, 1.82) is 0 Å². The highest BCUT2D eigenvalue weighted by molar-refractivity contribution is 5.89. The van der Waals surface area contributed by atoms with Gasteiger partial charge < -0.3 is 10.6 Å². The van der Waals surface area contributed by atoms with Crippen LogP contribution in [0.2, 0.25) is 0 Å². The van der Waals surface area contributed by atoms with Crippen molar-refractivity contribution in [3.05, 3.63) is 96.1 Å². The standard InChI is InChI=1S/C28H27N7O2/c1-20(2)34-19-25(18-31-34)32-27-29-16-22(17-30-27)12-11-21-7-6-10-24(15-21)33-28(36)35-26(13-14-37-35)23-8-4-3-5-9-23/h3-10,15-20,26H,13-14H2,1-2H3,(H,33,36)(H,29,30,32)/t26-/m0/s1. The second-order valence-corrected chi connectivity index (χ2v) is 8.86. The van der Waals surface area contributed by atoms with Crippen molar-refractivity contribution < 1.29 is 9.63 Å². The molecule has 9 heteroatoms. The van der Waals surface area contributed by atoms with Crippen molar-refractivity contribution in [3.63, 3.8) is 0 Å². The summed E-state index contributed by atoms with van der Waals surface area (Å²) in [5, 5.41) is 11.8. The minimum atomic E-state index is -0.313. The topological polar surface area (TPSA) is 97.2 Å². The third-order valence-electron chi connectivity index (χ3n) is 5.79. The predicted molar refractivity (Wildman–Crippen MR) is 141 cm³/mol. The summed E-state index contributed by atoms with van der Waals surface area (Å²) in [4.78, 5) is 27.2. The molecule has 9 nitrogen and oxygen atoms in total. The first-order valence-corrected chi connectivity index (χ1v) is 12.1. The van der Waals surface area contributed by atoms with Crippen LogP contribution < -0.4 is 10.6 Å². The van der Waals surface area contributed by atoms with E-state index in [2.05, 4.69) is 51.4 Å². The maximum absolute atomic E-state index is 12.9. The lowest BCUT2D eigenvalue weighted by molar-refractivity contribution is -0.0829. The first-order chi connectivity index (χ1) is 18.0. The van der Waals surface area contributed by atoms with Gasteiger partial charge in [0.1, 0.15) is 0 Å². The van der Waals surface area contributed by atoms with Crippen LogP contribution in [0.1, 0.15) is 49.0 Å². The molecule has 4 aromatic rings. The molecule has 2 N–H and O–H groups in total. The summed E-state index contributed by atoms with van der Waals surface area (Å²) in [6.45, 7) is 4.62. The second kappa shape index (κ2) is 10.9. The van der Waals surface area contributed by atoms with Gasteiger partial charge in [0.25, 0.3) is 0 Å². The molecule has 1 aliphatic rings. The number of carbonyl (C=O) groups is 1. The van der Waals surface area contributed by atoms with Crippen LogP contribution in [-0.4, -0.2) is 37.4 Å². The molecule has 0 unspecified atom stereocenters. The van der Waals surface area contributed by atoms with Gasteiger partial charge in [-0.05, 0) is 37.6 Å². The summed E-state index contributed by atoms with van der Waals surface area (Å²) in [6.07, 6.45) is 7.72. The summed E-state index contributed by atoms with van der Waals surface area (Å²) in [5.74, 6) is 6.64. The van der Waals surface area contributed by atoms with Gasteiger partial charge in [0.05, 0.1) is 30.1 Å². The van der Waals surface area contributed by atoms with Crippen molar-refractivity contribution in [2.24, 2.45) is 0 Å². The number of rotatable bonds is 5. The van der Waals surface area contributed by atoms with Crippen molar-refractivity contribution in [3.8, 4) is 11.8 Å². The van der Waals surface area contributed by atoms with E-state index in [4.69, 9.17) is 4.84 Å². The largest absolute Gasteiger partial charge is 0.346 e. The Morgan fingerprint density at radius 1 is 1.00 bits per heavy atom. The predicted octanol–water partition coefficient (Wildman–Crippen LogP) is 5.31. The monoisotopic (exact) mass is 493 g/mol. The number of hydrogen-bond acceptors (Lipinski definition) is 6. The number of hydrogen-bond donors (Lipinski definition) is 2. The SMILES string of the molecule is CC(C)n1cc(Nc2ncc(C#Cc3cccc(NC(=O)N4OCC[C@H]4c4ccccc4)c3)cn2)cn1. The van der Waals surface area contributed by atoms with Gasteiger partial charge in [-0.3, -0.25) is 9.52 Å². The van der Waals surface area contributed by atoms with Gasteiger partial charge in [-0.1, -0.05) is 48.2 Å². The van der Waals surface area contributed by atoms with Gasteiger partial charge in [0.15, 0.2) is 0 Å². The molecule has 5 rings (SSSR count). The first kappa shape index (κ1) is 24.0. The number of benzene rings is 2. The van der Waals surface area contributed by atoms with E-state index < -0.39 is 0 Å². The molecule has 0 saturated carbocycles. The van der Waals surface area contributed by atoms with Crippen molar-refractivity contribution in [2.75, 3.05) is 17.2 Å². The molecule has 186 valence electrons. The van der Waals surface area contributed by atoms with Crippen LogP contribution in [0.5, 0.6) is 0 Å². The molecule has 0 bridgehead atoms. The van der Waals surface area contributed by atoms with E-state index in [0.717, 1.165) is 23.2 Å². The molecule has 1 atom stereocenters. The van der Waals surface area contributed by atoms with Crippen molar-refractivity contribution in [2.45, 2.75) is 32.4 Å². The summed E-state index contributed by atoms with van der Waals surface area (Å²) in [5.41, 5.74) is 3.93. The zero-order chi connectivity index (χ0) is 25.6. The molecule has 2 aromatic heterocycles. The van der Waals surface area contributed by atoms with Crippen LogP contribution in [-0.2, 0) is 4.84 Å². The molecule has 0 radical (unpaired) electrons. The number of aromatic nitrogens is 4. The van der Waals surface area contributed by atoms with Crippen LogP contribution in [0.4, 0.5) is 22.1 Å². The molecule has 0 aliphatic carbocycles. The zero-order valence-corrected chi connectivity index (χ0v) is 20.6. The molecule has 1 aliphatic heterocycles. The van der Waals surface area contributed by atoms with E-state index in [1.54, 1.807) is 18.6 Å². The molecule has 2 aromatic carbocycles. The summed E-state index contributed by atoms with van der Waals surface area (Å²) < 4.78 is 1.86. The Hall–Kier alpha value is -4.68. The number of hydroxylamine groups is 2. The molecule has 0 spiro atoms. The lowest BCUT2D eigenvalue weighted by Crippen LogP contribution is -2.33. The van der Waals surface area contributed by atoms with Gasteiger partial charge in [-0.2, -0.15) is 10.2 Å². The number of anilines is 3. The fourth-order valence-electron chi connectivity index (χ4n) is 3.92. The van der Waals surface area contributed by atoms with Crippen LogP contribution in [0.3, 0.4) is 0 Å². The fraction of sp³-hybridized carbons (Fsp3) is 0.214. The van der Waals surface area contributed by atoms with E-state index in [-0.39, 0.29) is 18.1 Å². The molecule has 37 heavy (non-hydrogen) atoms. The van der Waals surface area contributed by atoms with Crippen LogP contribution in [0.15, 0.2) is 79.4 Å². The highest BCUT2D eigenvalue weighted by Crippen LogP contribution is 2.30. The lowest BCUT2D eigenvalue weighted by Gasteiger charge is -2.23. The fourth-order valence-corrected chi connectivity index (χ4v) is 3.92. The van der Waals surface area contributed by atoms with Crippen molar-refractivity contribution >= 4 is 23.4 Å². The maximum Gasteiger partial charge on any atom is 0.346 e. The molecule has 2 amide bonds. The lowest BCUT2D eigenvalue weighted by atomic mass is 10.1. The Labute approximate surface area is 215 Å². The number of nitrogens with zero attached hydrogens (tertiary/aromatic N) is 5. The smallest absolute Gasteiger partial charge is 0.321 e. The molecular weight excluding hydrogens is 466 g/mol. The van der Waals surface area contributed by atoms with E-state index in [0.29, 0.717) is 23.8 Å². The van der Waals surface area contributed by atoms with Gasteiger partial charge in [-0.25, -0.2) is 14.8 Å². The quantitative estimate of drug-likeness (QED) is 0.366. The highest BCUT2D eigenvalue weighted by Gasteiger charge is 2.31. The van der Waals surface area contributed by atoms with Crippen LogP contribution in [0, 0.1) is 11.8 Å². The number of nitrogens with one attached hydrogen (secondary N) is 2. The third kappa shape index (κ3) is 5.94. The van der Waals surface area contributed by atoms with Gasteiger partial charge in [0, 0.05) is 42.3 Å². The average Bonchev–Trinajstić information content (AvgIpc) is 3.60. The Bertz CT molecular complexity index is 1420. The first-order valence-electron chi connectivity index (χ1n) is 12.1. The van der Waals surface area contributed by atoms with E-state index in [1.165, 1.54) is 5.06 Å². The molecule has 1 fully saturated rings. The van der Waals surface area contributed by atoms with E-state index >= 15 is 0 Å². The van der Waals surface area contributed by atoms with Crippen molar-refractivity contribution in [1.82, 2.24) is 24.8 Å². The van der Waals surface area contributed by atoms with Gasteiger partial charge in [-0.15, -0.1) is 0 Å². The normalized spacial score (nSPS) is 14.8. The Morgan fingerprint density at radius 3 is 2.54 bits per heavy atom. The summed E-state index contributed by atoms with van der Waals surface area (Å²) in [6, 6.07) is 17.1. The number of urea groups is 1. The van der Waals surface area contributed by atoms with Gasteiger partial charge >= 0.3 is 6.03 Å². The molecule has 3 heterocycles. The Kier molecular flexibility index (Phi) is 7.10. The van der Waals surface area contributed by atoms with Crippen LogP contribution >= 0.6 is 0 Å². The Balaban J connectivity index is 1.21. The van der Waals surface area contributed by atoms with Gasteiger partial charge in [0.2, 0.25) is 5.95 Å². The summed E-state index contributed by atoms with van der Waals surface area (Å²) >= 11 is 0. The minimum Gasteiger partial charge on any atom is -0.321 e. The third-order valence-corrected chi connectivity index (χ3v) is 5.79. The zero-order valence-electron chi connectivity index (χ0n) is 20.6. The maximum atomic E-state index is 12.9. The second-order valence-electron chi connectivity index (χ2n) is 8.86. The summed E-state index contributed by atoms with van der Waals surface area (Å²) in [7, 11) is 0. The number of carbonyl (C=O) groups excluding carboxylic acids is 1. The number of amides is 2. The molecule has 1 saturated heterocycles. The van der Waals surface area contributed by atoms with E-state index in [1.807, 2.05) is 65.5 Å². The van der Waals surface area contributed by atoms with E-state index in [9.17, 15) is 4.79 Å². The van der Waals surface area contributed by atoms with Crippen LogP contribution in [0.25, 0.3) is 0 Å². The minimum absolute atomic E-state index is 0.118. The highest BCUT2D eigenvalue weighted by atomic mass is 16.7. The molecular formula is C28H27N7O2.